The zero-order valence-corrected chi connectivity index (χ0v) is 8.43. The summed E-state index contributed by atoms with van der Waals surface area (Å²) in [6.45, 7) is 0. The van der Waals surface area contributed by atoms with Crippen molar-refractivity contribution in [2.24, 2.45) is 0 Å². The third-order valence-corrected chi connectivity index (χ3v) is 3.16. The molecule has 4 nitrogen and oxygen atoms in total. The Labute approximate surface area is 88.0 Å². The molecule has 2 N–H and O–H groups in total. The van der Waals surface area contributed by atoms with Crippen LogP contribution in [0.25, 0.3) is 10.1 Å². The summed E-state index contributed by atoms with van der Waals surface area (Å²) in [6, 6.07) is 2.96. The van der Waals surface area contributed by atoms with E-state index in [1.165, 1.54) is 17.4 Å². The van der Waals surface area contributed by atoms with Crippen LogP contribution >= 0.6 is 22.9 Å². The second-order valence-electron chi connectivity index (χ2n) is 2.71. The van der Waals surface area contributed by atoms with Gasteiger partial charge < -0.3 is 5.73 Å². The van der Waals surface area contributed by atoms with Gasteiger partial charge in [0.25, 0.3) is 5.69 Å². The molecule has 0 saturated carbocycles. The molecule has 0 amide bonds. The number of nitrogens with zero attached hydrogens (tertiary/aromatic N) is 1. The van der Waals surface area contributed by atoms with E-state index in [2.05, 4.69) is 0 Å². The van der Waals surface area contributed by atoms with Crippen molar-refractivity contribution in [1.29, 1.82) is 0 Å². The summed E-state index contributed by atoms with van der Waals surface area (Å²) in [6.07, 6.45) is 0. The summed E-state index contributed by atoms with van der Waals surface area (Å²) >= 11 is 7.12. The number of fused-ring (bicyclic) bond motifs is 1. The minimum atomic E-state index is -0.458. The minimum absolute atomic E-state index is 0.000417. The van der Waals surface area contributed by atoms with Gasteiger partial charge in [-0.05, 0) is 11.4 Å². The molecule has 1 aromatic carbocycles. The highest BCUT2D eigenvalue weighted by molar-refractivity contribution is 7.18. The van der Waals surface area contributed by atoms with Crippen molar-refractivity contribution < 1.29 is 4.92 Å². The fraction of sp³-hybridized carbons (Fsp3) is 0. The van der Waals surface area contributed by atoms with Gasteiger partial charge in [0.1, 0.15) is 0 Å². The average Bonchev–Trinajstić information content (AvgIpc) is 2.59. The number of nitro groups is 1. The van der Waals surface area contributed by atoms with Gasteiger partial charge in [0.05, 0.1) is 25.7 Å². The zero-order valence-electron chi connectivity index (χ0n) is 6.86. The molecule has 0 atom stereocenters. The predicted octanol–water partition coefficient (Wildman–Crippen LogP) is 3.05. The number of nitro benzene ring substituents is 1. The molecule has 0 unspecified atom stereocenters. The highest BCUT2D eigenvalue weighted by Crippen LogP contribution is 2.38. The highest BCUT2D eigenvalue weighted by Gasteiger charge is 2.17. The molecule has 2 rings (SSSR count). The molecule has 0 bridgehead atoms. The van der Waals surface area contributed by atoms with E-state index in [1.54, 1.807) is 11.4 Å². The van der Waals surface area contributed by atoms with Gasteiger partial charge >= 0.3 is 0 Å². The van der Waals surface area contributed by atoms with Gasteiger partial charge in [-0.2, -0.15) is 0 Å². The van der Waals surface area contributed by atoms with Crippen LogP contribution in [0.5, 0.6) is 0 Å². The van der Waals surface area contributed by atoms with Gasteiger partial charge in [-0.3, -0.25) is 10.1 Å². The maximum absolute atomic E-state index is 10.7. The number of nitrogens with two attached hydrogens (primary N) is 1. The number of thiophene rings is 1. The van der Waals surface area contributed by atoms with Crippen molar-refractivity contribution in [3.63, 3.8) is 0 Å². The monoisotopic (exact) mass is 228 g/mol. The lowest BCUT2D eigenvalue weighted by Crippen LogP contribution is -1.92. The summed E-state index contributed by atoms with van der Waals surface area (Å²) in [5.41, 5.74) is 6.09. The number of rotatable bonds is 1. The second kappa shape index (κ2) is 3.11. The Bertz CT molecular complexity index is 523. The van der Waals surface area contributed by atoms with Gasteiger partial charge in [0, 0.05) is 6.07 Å². The van der Waals surface area contributed by atoms with Crippen LogP contribution in [0.1, 0.15) is 0 Å². The quantitative estimate of drug-likeness (QED) is 0.463. The fourth-order valence-electron chi connectivity index (χ4n) is 1.25. The van der Waals surface area contributed by atoms with E-state index in [0.717, 1.165) is 0 Å². The van der Waals surface area contributed by atoms with Crippen molar-refractivity contribution in [1.82, 2.24) is 0 Å². The molecule has 2 aromatic rings. The van der Waals surface area contributed by atoms with Gasteiger partial charge in [0.2, 0.25) is 0 Å². The Balaban J connectivity index is 2.91. The van der Waals surface area contributed by atoms with Gasteiger partial charge in [-0.15, -0.1) is 11.3 Å². The standard InChI is InChI=1S/C8H5ClN2O2S/c9-5-3-6(11(12)13)4-1-2-14-8(4)7(5)10/h1-3H,10H2. The van der Waals surface area contributed by atoms with Crippen LogP contribution in [0.15, 0.2) is 17.5 Å². The number of non-ortho nitro benzene ring substituents is 1. The second-order valence-corrected chi connectivity index (χ2v) is 4.04. The number of anilines is 1. The minimum Gasteiger partial charge on any atom is -0.396 e. The molecule has 0 aliphatic rings. The molecule has 0 spiro atoms. The van der Waals surface area contributed by atoms with Gasteiger partial charge in [-0.1, -0.05) is 11.6 Å². The molecule has 0 saturated heterocycles. The van der Waals surface area contributed by atoms with E-state index < -0.39 is 4.92 Å². The Morgan fingerprint density at radius 2 is 2.29 bits per heavy atom. The number of hydrogen-bond donors (Lipinski definition) is 1. The fourth-order valence-corrected chi connectivity index (χ4v) is 2.39. The Kier molecular flexibility index (Phi) is 2.05. The van der Waals surface area contributed by atoms with Crippen LogP contribution in [-0.4, -0.2) is 4.92 Å². The molecule has 0 aliphatic carbocycles. The third-order valence-electron chi connectivity index (χ3n) is 1.90. The maximum atomic E-state index is 10.7. The van der Waals surface area contributed by atoms with E-state index in [4.69, 9.17) is 17.3 Å². The van der Waals surface area contributed by atoms with E-state index in [9.17, 15) is 10.1 Å². The van der Waals surface area contributed by atoms with E-state index >= 15 is 0 Å². The lowest BCUT2D eigenvalue weighted by molar-refractivity contribution is -0.383. The molecule has 0 fully saturated rings. The largest absolute Gasteiger partial charge is 0.396 e. The first-order chi connectivity index (χ1) is 6.61. The lowest BCUT2D eigenvalue weighted by Gasteiger charge is -2.00. The molecule has 6 heteroatoms. The number of halogens is 1. The first-order valence-corrected chi connectivity index (χ1v) is 4.96. The number of hydrogen-bond acceptors (Lipinski definition) is 4. The zero-order chi connectivity index (χ0) is 10.3. The van der Waals surface area contributed by atoms with Crippen molar-refractivity contribution in [3.05, 3.63) is 32.6 Å². The van der Waals surface area contributed by atoms with Crippen molar-refractivity contribution in [2.75, 3.05) is 5.73 Å². The first kappa shape index (κ1) is 9.23. The number of benzene rings is 1. The normalized spacial score (nSPS) is 10.6. The molecule has 1 aromatic heterocycles. The number of nitrogen functional groups attached to an aromatic ring is 1. The molecular weight excluding hydrogens is 224 g/mol. The van der Waals surface area contributed by atoms with Crippen LogP contribution in [0.4, 0.5) is 11.4 Å². The van der Waals surface area contributed by atoms with Crippen molar-refractivity contribution in [3.8, 4) is 0 Å². The molecule has 72 valence electrons. The van der Waals surface area contributed by atoms with Crippen molar-refractivity contribution in [2.45, 2.75) is 0 Å². The van der Waals surface area contributed by atoms with Crippen molar-refractivity contribution >= 4 is 44.4 Å². The predicted molar refractivity (Wildman–Crippen MR) is 57.9 cm³/mol. The molecular formula is C8H5ClN2O2S. The molecule has 0 aliphatic heterocycles. The maximum Gasteiger partial charge on any atom is 0.279 e. The van der Waals surface area contributed by atoms with E-state index in [-0.39, 0.29) is 10.7 Å². The smallest absolute Gasteiger partial charge is 0.279 e. The summed E-state index contributed by atoms with van der Waals surface area (Å²) < 4.78 is 0.671. The van der Waals surface area contributed by atoms with Crippen LogP contribution in [-0.2, 0) is 0 Å². The molecule has 14 heavy (non-hydrogen) atoms. The van der Waals surface area contributed by atoms with E-state index in [0.29, 0.717) is 15.8 Å². The SMILES string of the molecule is Nc1c(Cl)cc([N+](=O)[O-])c2ccsc12. The van der Waals surface area contributed by atoms with Crippen LogP contribution < -0.4 is 5.73 Å². The Morgan fingerprint density at radius 1 is 1.57 bits per heavy atom. The Hall–Kier alpha value is -1.33. The summed E-state index contributed by atoms with van der Waals surface area (Å²) in [7, 11) is 0. The molecule has 1 heterocycles. The Morgan fingerprint density at radius 3 is 2.93 bits per heavy atom. The first-order valence-electron chi connectivity index (χ1n) is 3.71. The molecule has 0 radical (unpaired) electrons. The van der Waals surface area contributed by atoms with Gasteiger partial charge in [0.15, 0.2) is 0 Å². The van der Waals surface area contributed by atoms with Crippen LogP contribution in [0, 0.1) is 10.1 Å². The third kappa shape index (κ3) is 1.21. The highest BCUT2D eigenvalue weighted by atomic mass is 35.5. The van der Waals surface area contributed by atoms with Crippen LogP contribution in [0.3, 0.4) is 0 Å². The van der Waals surface area contributed by atoms with Gasteiger partial charge in [-0.25, -0.2) is 0 Å². The summed E-state index contributed by atoms with van der Waals surface area (Å²) in [5, 5.41) is 13.2. The lowest BCUT2D eigenvalue weighted by atomic mass is 10.2. The summed E-state index contributed by atoms with van der Waals surface area (Å²) in [4.78, 5) is 10.2. The summed E-state index contributed by atoms with van der Waals surface area (Å²) in [5.74, 6) is 0. The van der Waals surface area contributed by atoms with Crippen LogP contribution in [0.2, 0.25) is 5.02 Å². The topological polar surface area (TPSA) is 69.2 Å². The van der Waals surface area contributed by atoms with E-state index in [1.807, 2.05) is 0 Å². The average molecular weight is 229 g/mol.